The van der Waals surface area contributed by atoms with Gasteiger partial charge in [-0.3, -0.25) is 4.79 Å². The van der Waals surface area contributed by atoms with Crippen molar-refractivity contribution in [2.75, 3.05) is 0 Å². The van der Waals surface area contributed by atoms with Crippen molar-refractivity contribution in [3.63, 3.8) is 0 Å². The zero-order chi connectivity index (χ0) is 12.0. The number of amides is 1. The summed E-state index contributed by atoms with van der Waals surface area (Å²) >= 11 is 0. The van der Waals surface area contributed by atoms with E-state index in [1.807, 2.05) is 30.3 Å². The normalized spacial score (nSPS) is 12.6. The smallest absolute Gasteiger partial charge is 0.248 e. The van der Waals surface area contributed by atoms with Gasteiger partial charge in [0.15, 0.2) is 0 Å². The number of carbonyl (C=O) groups excluding carboxylic acids is 1. The lowest BCUT2D eigenvalue weighted by Crippen LogP contribution is -2.12. The van der Waals surface area contributed by atoms with Gasteiger partial charge in [-0.1, -0.05) is 36.4 Å². The first-order valence-electron chi connectivity index (χ1n) is 5.03. The Morgan fingerprint density at radius 2 is 2.00 bits per heavy atom. The summed E-state index contributed by atoms with van der Waals surface area (Å²) in [6, 6.07) is 9.51. The van der Waals surface area contributed by atoms with Gasteiger partial charge in [-0.2, -0.15) is 0 Å². The second-order valence-electron chi connectivity index (χ2n) is 3.41. The van der Waals surface area contributed by atoms with Crippen molar-refractivity contribution in [3.8, 4) is 0 Å². The molecule has 1 aromatic carbocycles. The number of hydrogen-bond acceptors (Lipinski definition) is 2. The van der Waals surface area contributed by atoms with Crippen molar-refractivity contribution in [3.05, 3.63) is 59.4 Å². The molecule has 0 bridgehead atoms. The van der Waals surface area contributed by atoms with E-state index in [1.54, 1.807) is 13.0 Å². The molecule has 0 aliphatic carbocycles. The van der Waals surface area contributed by atoms with Crippen molar-refractivity contribution in [1.29, 1.82) is 0 Å². The monoisotopic (exact) mass is 217 g/mol. The van der Waals surface area contributed by atoms with Gasteiger partial charge in [-0.25, -0.2) is 0 Å². The van der Waals surface area contributed by atoms with Crippen molar-refractivity contribution < 1.29 is 9.90 Å². The van der Waals surface area contributed by atoms with E-state index in [9.17, 15) is 9.90 Å². The summed E-state index contributed by atoms with van der Waals surface area (Å²) in [5, 5.41) is 9.67. The highest BCUT2D eigenvalue weighted by Crippen LogP contribution is 2.08. The fraction of sp³-hybridized carbons (Fsp3) is 0.154. The van der Waals surface area contributed by atoms with E-state index in [1.165, 1.54) is 6.08 Å². The molecule has 0 saturated heterocycles. The van der Waals surface area contributed by atoms with E-state index in [-0.39, 0.29) is 5.76 Å². The van der Waals surface area contributed by atoms with Crippen LogP contribution in [0.1, 0.15) is 12.5 Å². The van der Waals surface area contributed by atoms with Gasteiger partial charge in [-0.05, 0) is 18.6 Å². The molecular weight excluding hydrogens is 202 g/mol. The molecule has 0 aromatic heterocycles. The summed E-state index contributed by atoms with van der Waals surface area (Å²) in [6.07, 6.45) is 3.37. The van der Waals surface area contributed by atoms with Crippen molar-refractivity contribution in [2.45, 2.75) is 13.3 Å². The quantitative estimate of drug-likeness (QED) is 0.461. The summed E-state index contributed by atoms with van der Waals surface area (Å²) in [4.78, 5) is 10.9. The molecule has 0 unspecified atom stereocenters. The van der Waals surface area contributed by atoms with Gasteiger partial charge >= 0.3 is 0 Å². The molecule has 0 aliphatic heterocycles. The number of hydrogen-bond donors (Lipinski definition) is 2. The molecule has 3 nitrogen and oxygen atoms in total. The molecule has 0 radical (unpaired) electrons. The lowest BCUT2D eigenvalue weighted by Gasteiger charge is -2.01. The SMILES string of the molecule is C/C=C(/C=C(\O)Cc1ccccc1)C(N)=O. The van der Waals surface area contributed by atoms with Crippen LogP contribution in [-0.2, 0) is 11.2 Å². The molecule has 3 N–H and O–H groups in total. The minimum absolute atomic E-state index is 0.123. The lowest BCUT2D eigenvalue weighted by atomic mass is 10.1. The number of primary amides is 1. The topological polar surface area (TPSA) is 63.3 Å². The predicted octanol–water partition coefficient (Wildman–Crippen LogP) is 2.10. The van der Waals surface area contributed by atoms with Gasteiger partial charge in [-0.15, -0.1) is 0 Å². The molecule has 84 valence electrons. The highest BCUT2D eigenvalue weighted by Gasteiger charge is 2.02. The van der Waals surface area contributed by atoms with Crippen molar-refractivity contribution in [1.82, 2.24) is 0 Å². The number of aliphatic hydroxyl groups excluding tert-OH is 1. The van der Waals surface area contributed by atoms with E-state index < -0.39 is 5.91 Å². The predicted molar refractivity (Wildman–Crippen MR) is 63.8 cm³/mol. The highest BCUT2D eigenvalue weighted by molar-refractivity contribution is 5.94. The number of allylic oxidation sites excluding steroid dienone is 2. The largest absolute Gasteiger partial charge is 0.512 e. The van der Waals surface area contributed by atoms with Gasteiger partial charge in [0.25, 0.3) is 0 Å². The van der Waals surface area contributed by atoms with Crippen LogP contribution in [0.2, 0.25) is 0 Å². The molecule has 16 heavy (non-hydrogen) atoms. The molecule has 1 rings (SSSR count). The van der Waals surface area contributed by atoms with E-state index in [2.05, 4.69) is 0 Å². The van der Waals surface area contributed by atoms with E-state index in [0.29, 0.717) is 12.0 Å². The van der Waals surface area contributed by atoms with Crippen LogP contribution in [-0.4, -0.2) is 11.0 Å². The van der Waals surface area contributed by atoms with Crippen LogP contribution in [0.4, 0.5) is 0 Å². The molecule has 3 heteroatoms. The van der Waals surface area contributed by atoms with Crippen LogP contribution < -0.4 is 5.73 Å². The van der Waals surface area contributed by atoms with Crippen LogP contribution in [0.3, 0.4) is 0 Å². The number of aliphatic hydroxyl groups is 1. The van der Waals surface area contributed by atoms with Crippen molar-refractivity contribution in [2.24, 2.45) is 5.73 Å². The third kappa shape index (κ3) is 3.61. The van der Waals surface area contributed by atoms with E-state index >= 15 is 0 Å². The average Bonchev–Trinajstić information content (AvgIpc) is 2.27. The van der Waals surface area contributed by atoms with Crippen molar-refractivity contribution >= 4 is 5.91 Å². The Bertz CT molecular complexity index is 419. The Morgan fingerprint density at radius 1 is 1.38 bits per heavy atom. The molecule has 1 aromatic rings. The Labute approximate surface area is 94.9 Å². The Hall–Kier alpha value is -2.03. The van der Waals surface area contributed by atoms with Gasteiger partial charge in [0.05, 0.1) is 5.76 Å². The van der Waals surface area contributed by atoms with Gasteiger partial charge in [0, 0.05) is 12.0 Å². The first-order valence-corrected chi connectivity index (χ1v) is 5.03. The maximum atomic E-state index is 10.9. The van der Waals surface area contributed by atoms with Crippen LogP contribution in [0.25, 0.3) is 0 Å². The minimum Gasteiger partial charge on any atom is -0.512 e. The Balaban J connectivity index is 2.76. The summed E-state index contributed by atoms with van der Waals surface area (Å²) in [5.74, 6) is -0.416. The second kappa shape index (κ2) is 5.75. The Morgan fingerprint density at radius 3 is 2.50 bits per heavy atom. The van der Waals surface area contributed by atoms with Gasteiger partial charge in [0.1, 0.15) is 0 Å². The minimum atomic E-state index is -0.540. The number of nitrogens with two attached hydrogens (primary N) is 1. The second-order valence-corrected chi connectivity index (χ2v) is 3.41. The average molecular weight is 217 g/mol. The molecule has 0 atom stereocenters. The number of benzene rings is 1. The van der Waals surface area contributed by atoms with E-state index in [0.717, 1.165) is 5.56 Å². The molecule has 0 aliphatic rings. The molecule has 0 fully saturated rings. The van der Waals surface area contributed by atoms with Crippen LogP contribution >= 0.6 is 0 Å². The first kappa shape index (κ1) is 12.0. The molecule has 1 amide bonds. The molecule has 0 heterocycles. The number of rotatable bonds is 4. The Kier molecular flexibility index (Phi) is 4.33. The maximum absolute atomic E-state index is 10.9. The molecular formula is C13H15NO2. The van der Waals surface area contributed by atoms with E-state index in [4.69, 9.17) is 5.73 Å². The molecule has 0 spiro atoms. The van der Waals surface area contributed by atoms with Crippen LogP contribution in [0.5, 0.6) is 0 Å². The third-order valence-corrected chi connectivity index (χ3v) is 2.15. The third-order valence-electron chi connectivity index (χ3n) is 2.15. The van der Waals surface area contributed by atoms with Crippen LogP contribution in [0, 0.1) is 0 Å². The van der Waals surface area contributed by atoms with Crippen LogP contribution in [0.15, 0.2) is 53.8 Å². The molecule has 0 saturated carbocycles. The zero-order valence-electron chi connectivity index (χ0n) is 9.18. The van der Waals surface area contributed by atoms with Gasteiger partial charge < -0.3 is 10.8 Å². The summed E-state index contributed by atoms with van der Waals surface area (Å²) in [7, 11) is 0. The maximum Gasteiger partial charge on any atom is 0.248 e. The zero-order valence-corrected chi connectivity index (χ0v) is 9.18. The highest BCUT2D eigenvalue weighted by atomic mass is 16.3. The lowest BCUT2D eigenvalue weighted by molar-refractivity contribution is -0.114. The number of carbonyl (C=O) groups is 1. The summed E-state index contributed by atoms with van der Waals surface area (Å²) in [5.41, 5.74) is 6.42. The van der Waals surface area contributed by atoms with Gasteiger partial charge in [0.2, 0.25) is 5.91 Å². The standard InChI is InChI=1S/C13H15NO2/c1-2-11(13(14)16)9-12(15)8-10-6-4-3-5-7-10/h2-7,9,15H,8H2,1H3,(H2,14,16)/b11-2-,12-9-. The summed E-state index contributed by atoms with van der Waals surface area (Å²) < 4.78 is 0. The summed E-state index contributed by atoms with van der Waals surface area (Å²) in [6.45, 7) is 1.70. The fourth-order valence-corrected chi connectivity index (χ4v) is 1.33. The fourth-order valence-electron chi connectivity index (χ4n) is 1.33. The first-order chi connectivity index (χ1) is 7.63.